The molecule has 16 rings (SSSR count). The molecule has 0 fully saturated rings. The number of hydrogen-bond acceptors (Lipinski definition) is 6. The van der Waals surface area contributed by atoms with E-state index in [2.05, 4.69) is 245 Å². The summed E-state index contributed by atoms with van der Waals surface area (Å²) in [6.07, 6.45) is 0. The summed E-state index contributed by atoms with van der Waals surface area (Å²) < 4.78 is 19.7. The van der Waals surface area contributed by atoms with Crippen LogP contribution in [0.3, 0.4) is 0 Å². The predicted octanol–water partition coefficient (Wildman–Crippen LogP) is 15.1. The number of nitrogens with zero attached hydrogens (tertiary/aromatic N) is 3. The largest absolute Gasteiger partial charge is 0.458 e. The van der Waals surface area contributed by atoms with Crippen molar-refractivity contribution < 1.29 is 14.2 Å². The zero-order valence-electron chi connectivity index (χ0n) is 43.4. The Labute approximate surface area is 465 Å². The molecule has 8 heteroatoms. The molecule has 0 saturated carbocycles. The third-order valence-electron chi connectivity index (χ3n) is 16.2. The van der Waals surface area contributed by atoms with Crippen LogP contribution in [0.4, 0.5) is 51.2 Å². The Morgan fingerprint density at radius 2 is 0.800 bits per heavy atom. The van der Waals surface area contributed by atoms with Gasteiger partial charge in [0, 0.05) is 68.8 Å². The maximum Gasteiger partial charge on any atom is 0.260 e. The normalized spacial score (nSPS) is 12.8. The molecule has 4 aliphatic heterocycles. The van der Waals surface area contributed by atoms with E-state index in [1.807, 2.05) is 54.6 Å². The highest BCUT2D eigenvalue weighted by Crippen LogP contribution is 2.47. The fraction of sp³-hybridized carbons (Fsp3) is 0. The van der Waals surface area contributed by atoms with E-state index >= 15 is 0 Å². The Balaban J connectivity index is 0.791. The van der Waals surface area contributed by atoms with Crippen molar-refractivity contribution >= 4 is 97.4 Å². The molecule has 0 amide bonds. The van der Waals surface area contributed by atoms with Crippen LogP contribution in [-0.4, -0.2) is 13.4 Å². The molecule has 0 spiro atoms. The number of rotatable bonds is 9. The number of anilines is 9. The van der Waals surface area contributed by atoms with Crippen molar-refractivity contribution in [3.63, 3.8) is 0 Å². The summed E-state index contributed by atoms with van der Waals surface area (Å²) in [5.41, 5.74) is 21.7. The molecule has 4 aliphatic rings. The maximum atomic E-state index is 6.76. The molecular formula is C72H47B2N3O3. The van der Waals surface area contributed by atoms with Gasteiger partial charge in [0.2, 0.25) is 0 Å². The molecule has 0 aliphatic carbocycles. The molecule has 374 valence electrons. The van der Waals surface area contributed by atoms with Gasteiger partial charge < -0.3 is 28.9 Å². The monoisotopic (exact) mass is 1020 g/mol. The van der Waals surface area contributed by atoms with Gasteiger partial charge in [-0.3, -0.25) is 0 Å². The maximum absolute atomic E-state index is 6.76. The molecule has 0 saturated heterocycles. The Morgan fingerprint density at radius 3 is 1.51 bits per heavy atom. The second kappa shape index (κ2) is 18.6. The van der Waals surface area contributed by atoms with Crippen LogP contribution in [0, 0.1) is 0 Å². The highest BCUT2D eigenvalue weighted by molar-refractivity contribution is 7.00. The third-order valence-corrected chi connectivity index (χ3v) is 16.2. The van der Waals surface area contributed by atoms with Crippen LogP contribution in [0.2, 0.25) is 0 Å². The number of ether oxygens (including phenoxy) is 3. The molecule has 4 heterocycles. The van der Waals surface area contributed by atoms with Gasteiger partial charge in [-0.2, -0.15) is 0 Å². The fourth-order valence-electron chi connectivity index (χ4n) is 12.7. The van der Waals surface area contributed by atoms with Gasteiger partial charge in [0.15, 0.2) is 0 Å². The molecular weight excluding hydrogens is 976 g/mol. The third kappa shape index (κ3) is 7.52. The average molecular weight is 1020 g/mol. The van der Waals surface area contributed by atoms with Gasteiger partial charge in [-0.25, -0.2) is 0 Å². The predicted molar refractivity (Wildman–Crippen MR) is 330 cm³/mol. The minimum atomic E-state index is -0.0902. The molecule has 12 aromatic rings. The first kappa shape index (κ1) is 45.7. The second-order valence-corrected chi connectivity index (χ2v) is 20.8. The molecule has 0 radical (unpaired) electrons. The Bertz CT molecular complexity index is 4310. The summed E-state index contributed by atoms with van der Waals surface area (Å²) >= 11 is 0. The van der Waals surface area contributed by atoms with Crippen LogP contribution in [-0.2, 0) is 0 Å². The van der Waals surface area contributed by atoms with Crippen molar-refractivity contribution in [3.05, 3.63) is 285 Å². The standard InChI is InChI=1S/C72H47B2N3O3/c1-5-21-52(22-6-1)75(53-23-7-2-8-24-53)56-40-41-60-66(45-56)77(65-33-18-32-64-71(65)73(60)59-29-13-15-31-63(59)76(64)54-25-9-3-10-26-54)55-38-35-48(36-39-55)49-19-17-20-50(43-49)51-37-42-68-62(44-51)74-61-30-14-16-34-67(61)79-69-46-58(47-70(80-68)72(69)74)78-57-27-11-4-12-28-57/h1-47H. The smallest absolute Gasteiger partial charge is 0.260 e. The van der Waals surface area contributed by atoms with E-state index < -0.39 is 0 Å². The van der Waals surface area contributed by atoms with Crippen molar-refractivity contribution in [3.8, 4) is 56.8 Å². The fourth-order valence-corrected chi connectivity index (χ4v) is 12.7. The number of fused-ring (bicyclic) bond motifs is 8. The first-order valence-electron chi connectivity index (χ1n) is 27.3. The van der Waals surface area contributed by atoms with E-state index in [9.17, 15) is 0 Å². The van der Waals surface area contributed by atoms with Crippen LogP contribution >= 0.6 is 0 Å². The second-order valence-electron chi connectivity index (χ2n) is 20.8. The van der Waals surface area contributed by atoms with Crippen molar-refractivity contribution in [2.75, 3.05) is 14.7 Å². The topological polar surface area (TPSA) is 37.4 Å². The first-order chi connectivity index (χ1) is 39.7. The zero-order valence-corrected chi connectivity index (χ0v) is 43.4. The molecule has 0 unspecified atom stereocenters. The molecule has 0 aromatic heterocycles. The van der Waals surface area contributed by atoms with Crippen LogP contribution in [0.15, 0.2) is 285 Å². The van der Waals surface area contributed by atoms with E-state index in [0.29, 0.717) is 5.75 Å². The summed E-state index contributed by atoms with van der Waals surface area (Å²) in [5.74, 6) is 4.53. The minimum absolute atomic E-state index is 0.00195. The van der Waals surface area contributed by atoms with Gasteiger partial charge in [0.05, 0.1) is 0 Å². The Hall–Kier alpha value is -10.4. The lowest BCUT2D eigenvalue weighted by Gasteiger charge is -2.44. The first-order valence-corrected chi connectivity index (χ1v) is 27.3. The SMILES string of the molecule is c1ccc(Oc2cc3c4c(c2)Oc2ccc(-c5cccc(-c6ccc(N7c8cc(N(c9ccccc9)c9ccccc9)ccc8B8c9ccccc9N(c9ccccc9)c9cccc7c98)cc6)c5)cc2B4c2ccccc2O3)cc1. The van der Waals surface area contributed by atoms with E-state index in [1.54, 1.807) is 0 Å². The van der Waals surface area contributed by atoms with Crippen LogP contribution in [0.25, 0.3) is 22.3 Å². The van der Waals surface area contributed by atoms with E-state index in [4.69, 9.17) is 14.2 Å². The quantitative estimate of drug-likeness (QED) is 0.134. The lowest BCUT2D eigenvalue weighted by atomic mass is 9.33. The molecule has 0 N–H and O–H groups in total. The summed E-state index contributed by atoms with van der Waals surface area (Å²) in [4.78, 5) is 7.29. The van der Waals surface area contributed by atoms with Crippen molar-refractivity contribution in [1.82, 2.24) is 0 Å². The molecule has 6 nitrogen and oxygen atoms in total. The van der Waals surface area contributed by atoms with Crippen LogP contribution in [0.5, 0.6) is 34.5 Å². The molecule has 12 aromatic carbocycles. The summed E-state index contributed by atoms with van der Waals surface area (Å²) in [5, 5.41) is 0. The van der Waals surface area contributed by atoms with Gasteiger partial charge in [-0.1, -0.05) is 164 Å². The van der Waals surface area contributed by atoms with Crippen molar-refractivity contribution in [2.24, 2.45) is 0 Å². The van der Waals surface area contributed by atoms with E-state index in [1.165, 1.54) is 27.8 Å². The summed E-state index contributed by atoms with van der Waals surface area (Å²) in [6, 6.07) is 102. The minimum Gasteiger partial charge on any atom is -0.458 e. The van der Waals surface area contributed by atoms with E-state index in [0.717, 1.165) is 107 Å². The number of benzene rings is 12. The summed E-state index contributed by atoms with van der Waals surface area (Å²) in [6.45, 7) is -0.0883. The van der Waals surface area contributed by atoms with Gasteiger partial charge in [-0.05, 0) is 159 Å². The van der Waals surface area contributed by atoms with Crippen molar-refractivity contribution in [2.45, 2.75) is 0 Å². The zero-order chi connectivity index (χ0) is 52.7. The van der Waals surface area contributed by atoms with Crippen LogP contribution in [0.1, 0.15) is 0 Å². The molecule has 80 heavy (non-hydrogen) atoms. The number of para-hydroxylation sites is 6. The highest BCUT2D eigenvalue weighted by Gasteiger charge is 2.44. The Kier molecular flexibility index (Phi) is 10.7. The summed E-state index contributed by atoms with van der Waals surface area (Å²) in [7, 11) is 0. The van der Waals surface area contributed by atoms with Gasteiger partial charge in [0.1, 0.15) is 34.5 Å². The van der Waals surface area contributed by atoms with Crippen molar-refractivity contribution in [1.29, 1.82) is 0 Å². The molecule has 0 atom stereocenters. The Morgan fingerprint density at radius 1 is 0.287 bits per heavy atom. The highest BCUT2D eigenvalue weighted by atomic mass is 16.5. The van der Waals surface area contributed by atoms with E-state index in [-0.39, 0.29) is 13.4 Å². The van der Waals surface area contributed by atoms with Gasteiger partial charge in [-0.15, -0.1) is 0 Å². The number of hydrogen-bond donors (Lipinski definition) is 0. The lowest BCUT2D eigenvalue weighted by molar-refractivity contribution is 0.443. The van der Waals surface area contributed by atoms with Gasteiger partial charge >= 0.3 is 0 Å². The average Bonchev–Trinajstić information content (AvgIpc) is 3.13. The lowest BCUT2D eigenvalue weighted by Crippen LogP contribution is -2.61. The molecule has 0 bridgehead atoms. The van der Waals surface area contributed by atoms with Gasteiger partial charge in [0.25, 0.3) is 13.4 Å². The van der Waals surface area contributed by atoms with Crippen LogP contribution < -0.4 is 61.7 Å².